The normalized spacial score (nSPS) is 13.3. The third-order valence-electron chi connectivity index (χ3n) is 6.26. The van der Waals surface area contributed by atoms with Crippen LogP contribution < -0.4 is 0 Å². The maximum atomic E-state index is 13.6. The molecule has 0 heterocycles. The van der Waals surface area contributed by atoms with E-state index in [0.717, 1.165) is 18.1 Å². The minimum Gasteiger partial charge on any atom is -0.433 e. The predicted molar refractivity (Wildman–Crippen MR) is 169 cm³/mol. The molecule has 2 unspecified atom stereocenters. The van der Waals surface area contributed by atoms with Crippen molar-refractivity contribution in [2.45, 2.75) is 125 Å². The van der Waals surface area contributed by atoms with Crippen LogP contribution in [0.25, 0.3) is 0 Å². The molecule has 41 heavy (non-hydrogen) atoms. The second-order valence-corrected chi connectivity index (χ2v) is 11.0. The highest BCUT2D eigenvalue weighted by Gasteiger charge is 2.38. The molecule has 0 aromatic heterocycles. The second kappa shape index (κ2) is 26.8. The lowest BCUT2D eigenvalue weighted by atomic mass is 9.93. The summed E-state index contributed by atoms with van der Waals surface area (Å²) in [5, 5.41) is 0. The smallest absolute Gasteiger partial charge is 0.400 e. The first kappa shape index (κ1) is 43.3. The number of ether oxygens (including phenoxy) is 1. The summed E-state index contributed by atoms with van der Waals surface area (Å²) in [5.74, 6) is -1.32. The van der Waals surface area contributed by atoms with Gasteiger partial charge < -0.3 is 4.74 Å². The summed E-state index contributed by atoms with van der Waals surface area (Å²) in [7, 11) is 0. The lowest BCUT2D eigenvalue weighted by Crippen LogP contribution is -2.28. The number of rotatable bonds is 20. The number of unbranched alkanes of at least 4 members (excludes halogenated alkanes) is 4. The van der Waals surface area contributed by atoms with Gasteiger partial charge in [-0.05, 0) is 74.5 Å². The number of hydrogen-bond donors (Lipinski definition) is 0. The summed E-state index contributed by atoms with van der Waals surface area (Å²) < 4.78 is 69.6. The molecule has 1 nitrogen and oxygen atoms in total. The van der Waals surface area contributed by atoms with Crippen LogP contribution in [0.15, 0.2) is 73.1 Å². The third kappa shape index (κ3) is 27.8. The van der Waals surface area contributed by atoms with Crippen LogP contribution in [0, 0.1) is 17.8 Å². The molecule has 0 aromatic carbocycles. The summed E-state index contributed by atoms with van der Waals surface area (Å²) in [6.45, 7) is 26.9. The van der Waals surface area contributed by atoms with Crippen molar-refractivity contribution >= 4 is 0 Å². The van der Waals surface area contributed by atoms with E-state index in [1.807, 2.05) is 6.08 Å². The molecule has 0 aromatic rings. The molecule has 0 radical (unpaired) electrons. The fourth-order valence-electron chi connectivity index (χ4n) is 3.43. The molecule has 0 fully saturated rings. The molecule has 0 saturated carbocycles. The summed E-state index contributed by atoms with van der Waals surface area (Å²) in [6, 6.07) is 0. The van der Waals surface area contributed by atoms with E-state index >= 15 is 0 Å². The maximum absolute atomic E-state index is 13.6. The van der Waals surface area contributed by atoms with E-state index in [-0.39, 0.29) is 30.7 Å². The van der Waals surface area contributed by atoms with E-state index in [9.17, 15) is 22.0 Å². The molecule has 0 aliphatic carbocycles. The zero-order valence-electron chi connectivity index (χ0n) is 27.1. The van der Waals surface area contributed by atoms with Crippen molar-refractivity contribution in [2.24, 2.45) is 17.8 Å². The fraction of sp³-hybridized carbons (Fsp3) is 0.657. The van der Waals surface area contributed by atoms with Crippen LogP contribution in [0.2, 0.25) is 0 Å². The van der Waals surface area contributed by atoms with E-state index in [0.29, 0.717) is 18.3 Å². The predicted octanol–water partition coefficient (Wildman–Crippen LogP) is 13.3. The third-order valence-corrected chi connectivity index (χ3v) is 6.26. The number of hydrogen-bond acceptors (Lipinski definition) is 1. The van der Waals surface area contributed by atoms with Gasteiger partial charge in [0.05, 0.1) is 18.4 Å². The Bertz CT molecular complexity index is 775. The summed E-state index contributed by atoms with van der Waals surface area (Å²) in [4.78, 5) is 0. The first-order valence-electron chi connectivity index (χ1n) is 15.1. The molecule has 0 aliphatic heterocycles. The van der Waals surface area contributed by atoms with Crippen molar-refractivity contribution < 1.29 is 26.7 Å². The Morgan fingerprint density at radius 3 is 1.93 bits per heavy atom. The Morgan fingerprint density at radius 2 is 1.46 bits per heavy atom. The van der Waals surface area contributed by atoms with Crippen molar-refractivity contribution in [3.8, 4) is 0 Å². The molecule has 6 heteroatoms. The summed E-state index contributed by atoms with van der Waals surface area (Å²) in [6.07, 6.45) is 10.9. The fourth-order valence-corrected chi connectivity index (χ4v) is 3.43. The van der Waals surface area contributed by atoms with Crippen molar-refractivity contribution in [2.75, 3.05) is 6.67 Å². The Morgan fingerprint density at radius 1 is 0.854 bits per heavy atom. The standard InChI is InChI=1S/C15H22F4O.C12H21F.C8H16/c1-5-7-12(3)15(18,19)20-13(4)10-14(17)11(2)8-6-9-16;1-9(2)6-7-10(3)11(4)8-12(5)13;1-3-5-7-8-6-4-2/h10,12H,2,4-9H2,1,3H3;8-10H,4,6-7H2,1-3,5H3;3H,1,4-8H2,2H3/b14-10+;12-8+;. The quantitative estimate of drug-likeness (QED) is 0.0450. The molecule has 0 aliphatic rings. The van der Waals surface area contributed by atoms with Crippen LogP contribution >= 0.6 is 0 Å². The molecule has 0 spiro atoms. The molecule has 0 rings (SSSR count). The van der Waals surface area contributed by atoms with Gasteiger partial charge in [-0.15, -0.1) is 6.58 Å². The molecule has 240 valence electrons. The van der Waals surface area contributed by atoms with Gasteiger partial charge in [-0.1, -0.05) is 99.5 Å². The van der Waals surface area contributed by atoms with E-state index in [1.165, 1.54) is 58.4 Å². The molecule has 2 atom stereocenters. The highest BCUT2D eigenvalue weighted by Crippen LogP contribution is 2.32. The number of alkyl halides is 3. The first-order valence-corrected chi connectivity index (χ1v) is 15.1. The number of halogens is 5. The van der Waals surface area contributed by atoms with Crippen molar-refractivity contribution in [1.29, 1.82) is 0 Å². The summed E-state index contributed by atoms with van der Waals surface area (Å²) in [5.41, 5.74) is 0.943. The molecular weight excluding hydrogens is 531 g/mol. The lowest BCUT2D eigenvalue weighted by molar-refractivity contribution is -0.244. The minimum absolute atomic E-state index is 0.0392. The lowest BCUT2D eigenvalue weighted by Gasteiger charge is -2.24. The van der Waals surface area contributed by atoms with Gasteiger partial charge in [-0.2, -0.15) is 8.78 Å². The second-order valence-electron chi connectivity index (χ2n) is 11.0. The van der Waals surface area contributed by atoms with Crippen molar-refractivity contribution in [3.05, 3.63) is 73.1 Å². The maximum Gasteiger partial charge on any atom is 0.400 e. The zero-order valence-corrected chi connectivity index (χ0v) is 27.1. The van der Waals surface area contributed by atoms with Crippen LogP contribution in [0.1, 0.15) is 119 Å². The minimum atomic E-state index is -3.40. The molecule has 0 bridgehead atoms. The molecule has 0 N–H and O–H groups in total. The first-order chi connectivity index (χ1) is 19.1. The van der Waals surface area contributed by atoms with Crippen LogP contribution in [0.3, 0.4) is 0 Å². The Balaban J connectivity index is -0.000000587. The van der Waals surface area contributed by atoms with E-state index in [4.69, 9.17) is 0 Å². The van der Waals surface area contributed by atoms with Crippen LogP contribution in [-0.4, -0.2) is 12.8 Å². The SMILES string of the molecule is C=C(/C=C(/F)C(=C)CCCF)OC(F)(F)C(C)CCC.C=C(/C=C(\C)F)C(C)CCC(C)C.C=CCCCCCC. The van der Waals surface area contributed by atoms with Gasteiger partial charge in [0.15, 0.2) is 0 Å². The zero-order chi connectivity index (χ0) is 32.4. The monoisotopic (exact) mass is 590 g/mol. The largest absolute Gasteiger partial charge is 0.433 e. The van der Waals surface area contributed by atoms with Gasteiger partial charge in [-0.3, -0.25) is 4.39 Å². The Labute approximate surface area is 249 Å². The molecule has 0 saturated heterocycles. The van der Waals surface area contributed by atoms with Crippen molar-refractivity contribution in [1.82, 2.24) is 0 Å². The highest BCUT2D eigenvalue weighted by atomic mass is 19.3. The molecule has 0 amide bonds. The van der Waals surface area contributed by atoms with Gasteiger partial charge in [-0.25, -0.2) is 8.78 Å². The Kier molecular flexibility index (Phi) is 28.3. The van der Waals surface area contributed by atoms with Gasteiger partial charge in [0, 0.05) is 6.08 Å². The van der Waals surface area contributed by atoms with E-state index in [2.05, 4.69) is 58.7 Å². The van der Waals surface area contributed by atoms with Crippen molar-refractivity contribution in [3.63, 3.8) is 0 Å². The van der Waals surface area contributed by atoms with E-state index in [1.54, 1.807) is 6.92 Å². The van der Waals surface area contributed by atoms with Gasteiger partial charge >= 0.3 is 6.11 Å². The number of allylic oxidation sites excluding steroid dienone is 7. The molecular formula is C35H59F5O. The average Bonchev–Trinajstić information content (AvgIpc) is 2.88. The van der Waals surface area contributed by atoms with Gasteiger partial charge in [0.1, 0.15) is 11.6 Å². The highest BCUT2D eigenvalue weighted by molar-refractivity contribution is 5.27. The average molecular weight is 591 g/mol. The van der Waals surface area contributed by atoms with Gasteiger partial charge in [0.25, 0.3) is 0 Å². The van der Waals surface area contributed by atoms with Crippen LogP contribution in [0.4, 0.5) is 22.0 Å². The van der Waals surface area contributed by atoms with E-state index < -0.39 is 30.3 Å². The van der Waals surface area contributed by atoms with Crippen LogP contribution in [-0.2, 0) is 4.74 Å². The summed E-state index contributed by atoms with van der Waals surface area (Å²) >= 11 is 0. The van der Waals surface area contributed by atoms with Crippen LogP contribution in [0.5, 0.6) is 0 Å². The Hall–Kier alpha value is -2.11. The van der Waals surface area contributed by atoms with Gasteiger partial charge in [0.2, 0.25) is 0 Å². The topological polar surface area (TPSA) is 9.23 Å².